The molecule has 10 heteroatoms. The fourth-order valence-electron chi connectivity index (χ4n) is 3.66. The predicted octanol–water partition coefficient (Wildman–Crippen LogP) is 1.36. The molecule has 0 aliphatic carbocycles. The first-order valence-electron chi connectivity index (χ1n) is 10.1. The molecule has 0 saturated carbocycles. The van der Waals surface area contributed by atoms with Gasteiger partial charge >= 0.3 is 5.97 Å². The molecule has 0 radical (unpaired) electrons. The Morgan fingerprint density at radius 3 is 2.61 bits per heavy atom. The van der Waals surface area contributed by atoms with Gasteiger partial charge in [0.25, 0.3) is 5.91 Å². The van der Waals surface area contributed by atoms with Crippen molar-refractivity contribution in [2.75, 3.05) is 23.6 Å². The van der Waals surface area contributed by atoms with Crippen molar-refractivity contribution in [1.29, 1.82) is 0 Å². The van der Waals surface area contributed by atoms with Crippen molar-refractivity contribution < 1.29 is 27.5 Å². The molecule has 168 valence electrons. The summed E-state index contributed by atoms with van der Waals surface area (Å²) in [7, 11) is -1.63. The summed E-state index contributed by atoms with van der Waals surface area (Å²) in [6.07, 6.45) is -0.513. The molecule has 3 rings (SSSR count). The zero-order chi connectivity index (χ0) is 22.9. The molecular formula is C21H27N3O6S. The second kappa shape index (κ2) is 8.78. The van der Waals surface area contributed by atoms with Gasteiger partial charge in [-0.1, -0.05) is 12.1 Å². The minimum atomic E-state index is -3.14. The van der Waals surface area contributed by atoms with E-state index in [1.807, 2.05) is 32.0 Å². The minimum absolute atomic E-state index is 0.0441. The lowest BCUT2D eigenvalue weighted by Crippen LogP contribution is -2.45. The molecule has 31 heavy (non-hydrogen) atoms. The number of anilines is 1. The van der Waals surface area contributed by atoms with Gasteiger partial charge in [0.05, 0.1) is 17.2 Å². The highest BCUT2D eigenvalue weighted by molar-refractivity contribution is 7.91. The van der Waals surface area contributed by atoms with E-state index in [0.29, 0.717) is 12.1 Å². The SMILES string of the molecule is Cc1ccc(C)c(N2N=C(C(=O)O[C@H](C)C(=O)N(C)[C@H]3CCS(=O)(=O)C3)CCC2=O)c1. The summed E-state index contributed by atoms with van der Waals surface area (Å²) in [5.74, 6) is -1.51. The molecule has 2 atom stereocenters. The molecule has 0 spiro atoms. The first-order valence-corrected chi connectivity index (χ1v) is 12.0. The van der Waals surface area contributed by atoms with Crippen molar-refractivity contribution in [3.8, 4) is 0 Å². The molecule has 0 unspecified atom stereocenters. The topological polar surface area (TPSA) is 113 Å². The van der Waals surface area contributed by atoms with E-state index >= 15 is 0 Å². The molecule has 1 aromatic rings. The molecule has 1 fully saturated rings. The van der Waals surface area contributed by atoms with Crippen LogP contribution < -0.4 is 5.01 Å². The number of carbonyl (C=O) groups excluding carboxylic acids is 3. The van der Waals surface area contributed by atoms with Crippen LogP contribution in [0.4, 0.5) is 5.69 Å². The summed E-state index contributed by atoms with van der Waals surface area (Å²) in [5, 5.41) is 5.42. The minimum Gasteiger partial charge on any atom is -0.448 e. The van der Waals surface area contributed by atoms with Crippen molar-refractivity contribution in [2.45, 2.75) is 52.2 Å². The van der Waals surface area contributed by atoms with Crippen LogP contribution in [0.3, 0.4) is 0 Å². The predicted molar refractivity (Wildman–Crippen MR) is 115 cm³/mol. The van der Waals surface area contributed by atoms with E-state index in [2.05, 4.69) is 5.10 Å². The van der Waals surface area contributed by atoms with Crippen molar-refractivity contribution in [3.63, 3.8) is 0 Å². The summed E-state index contributed by atoms with van der Waals surface area (Å²) in [6, 6.07) is 5.19. The lowest BCUT2D eigenvalue weighted by atomic mass is 10.1. The Morgan fingerprint density at radius 1 is 1.26 bits per heavy atom. The fraction of sp³-hybridized carbons (Fsp3) is 0.524. The Kier molecular flexibility index (Phi) is 6.49. The van der Waals surface area contributed by atoms with Gasteiger partial charge in [-0.05, 0) is 44.4 Å². The standard InChI is InChI=1S/C21H27N3O6S/c1-13-5-6-14(2)18(11-13)24-19(25)8-7-17(22-24)21(27)30-15(3)20(26)23(4)16-9-10-31(28,29)12-16/h5-6,11,15-16H,7-10,12H2,1-4H3/t15-,16+/m1/s1. The summed E-state index contributed by atoms with van der Waals surface area (Å²) in [6.45, 7) is 5.19. The van der Waals surface area contributed by atoms with Crippen LogP contribution in [0.25, 0.3) is 0 Å². The molecule has 2 heterocycles. The third-order valence-electron chi connectivity index (χ3n) is 5.60. The third-order valence-corrected chi connectivity index (χ3v) is 7.35. The summed E-state index contributed by atoms with van der Waals surface area (Å²) in [4.78, 5) is 39.0. The lowest BCUT2D eigenvalue weighted by Gasteiger charge is -2.27. The summed E-state index contributed by atoms with van der Waals surface area (Å²) >= 11 is 0. The Labute approximate surface area is 182 Å². The van der Waals surface area contributed by atoms with Gasteiger partial charge in [-0.15, -0.1) is 0 Å². The maximum absolute atomic E-state index is 12.6. The first kappa shape index (κ1) is 22.9. The number of hydrogen-bond donors (Lipinski definition) is 0. The van der Waals surface area contributed by atoms with E-state index in [1.54, 1.807) is 0 Å². The Balaban J connectivity index is 1.71. The largest absolute Gasteiger partial charge is 0.448 e. The molecule has 9 nitrogen and oxygen atoms in total. The maximum Gasteiger partial charge on any atom is 0.355 e. The highest BCUT2D eigenvalue weighted by Crippen LogP contribution is 2.26. The molecular weight excluding hydrogens is 422 g/mol. The first-order chi connectivity index (χ1) is 14.5. The van der Waals surface area contributed by atoms with Crippen LogP contribution in [-0.2, 0) is 29.0 Å². The van der Waals surface area contributed by atoms with Crippen LogP contribution in [0.15, 0.2) is 23.3 Å². The van der Waals surface area contributed by atoms with Gasteiger partial charge in [0.15, 0.2) is 15.9 Å². The number of likely N-dealkylation sites (N-methyl/N-ethyl adjacent to an activating group) is 1. The van der Waals surface area contributed by atoms with E-state index in [9.17, 15) is 22.8 Å². The van der Waals surface area contributed by atoms with Gasteiger partial charge in [0.2, 0.25) is 5.91 Å². The molecule has 0 bridgehead atoms. The van der Waals surface area contributed by atoms with Crippen LogP contribution >= 0.6 is 0 Å². The van der Waals surface area contributed by atoms with Crippen molar-refractivity contribution in [1.82, 2.24) is 4.90 Å². The van der Waals surface area contributed by atoms with Gasteiger partial charge < -0.3 is 9.64 Å². The van der Waals surface area contributed by atoms with Gasteiger partial charge in [-0.2, -0.15) is 10.1 Å². The number of sulfone groups is 1. The zero-order valence-electron chi connectivity index (χ0n) is 18.1. The summed E-state index contributed by atoms with van der Waals surface area (Å²) in [5.41, 5.74) is 2.45. The van der Waals surface area contributed by atoms with Gasteiger partial charge in [0.1, 0.15) is 5.71 Å². The molecule has 1 aromatic carbocycles. The Morgan fingerprint density at radius 2 is 1.97 bits per heavy atom. The highest BCUT2D eigenvalue weighted by Gasteiger charge is 2.36. The number of aryl methyl sites for hydroxylation is 2. The van der Waals surface area contributed by atoms with Crippen LogP contribution in [0.2, 0.25) is 0 Å². The van der Waals surface area contributed by atoms with Gasteiger partial charge in [0, 0.05) is 25.9 Å². The Bertz CT molecular complexity index is 1050. The van der Waals surface area contributed by atoms with E-state index in [1.165, 1.54) is 23.9 Å². The second-order valence-electron chi connectivity index (χ2n) is 8.10. The quantitative estimate of drug-likeness (QED) is 0.627. The molecule has 1 saturated heterocycles. The average Bonchev–Trinajstić information content (AvgIpc) is 3.08. The monoisotopic (exact) mass is 449 g/mol. The number of amides is 2. The van der Waals surface area contributed by atoms with Gasteiger partial charge in [-0.3, -0.25) is 9.59 Å². The number of benzene rings is 1. The zero-order valence-corrected chi connectivity index (χ0v) is 18.9. The van der Waals surface area contributed by atoms with Crippen molar-refractivity contribution in [3.05, 3.63) is 29.3 Å². The highest BCUT2D eigenvalue weighted by atomic mass is 32.2. The molecule has 0 N–H and O–H groups in total. The number of hydrazone groups is 1. The third kappa shape index (κ3) is 5.12. The molecule has 2 amide bonds. The van der Waals surface area contributed by atoms with E-state index in [-0.39, 0.29) is 36.0 Å². The number of ether oxygens (including phenoxy) is 1. The van der Waals surface area contributed by atoms with Crippen molar-refractivity contribution >= 4 is 39.0 Å². The number of hydrogen-bond acceptors (Lipinski definition) is 7. The Hall–Kier alpha value is -2.75. The fourth-order valence-corrected chi connectivity index (χ4v) is 5.44. The lowest BCUT2D eigenvalue weighted by molar-refractivity contribution is -0.154. The van der Waals surface area contributed by atoms with Crippen LogP contribution in [-0.4, -0.2) is 67.5 Å². The van der Waals surface area contributed by atoms with Crippen LogP contribution in [0.5, 0.6) is 0 Å². The van der Waals surface area contributed by atoms with Crippen LogP contribution in [0, 0.1) is 13.8 Å². The van der Waals surface area contributed by atoms with Gasteiger partial charge in [-0.25, -0.2) is 13.2 Å². The molecule has 2 aliphatic heterocycles. The molecule has 2 aliphatic rings. The summed E-state index contributed by atoms with van der Waals surface area (Å²) < 4.78 is 28.6. The van der Waals surface area contributed by atoms with E-state index < -0.39 is 33.9 Å². The number of nitrogens with zero attached hydrogens (tertiary/aromatic N) is 3. The smallest absolute Gasteiger partial charge is 0.355 e. The van der Waals surface area contributed by atoms with Crippen LogP contribution in [0.1, 0.15) is 37.3 Å². The van der Waals surface area contributed by atoms with Crippen molar-refractivity contribution in [2.24, 2.45) is 5.10 Å². The van der Waals surface area contributed by atoms with E-state index in [4.69, 9.17) is 4.74 Å². The maximum atomic E-state index is 12.6. The normalized spacial score (nSPS) is 21.4. The number of esters is 1. The number of rotatable bonds is 5. The van der Waals surface area contributed by atoms with E-state index in [0.717, 1.165) is 11.1 Å². The average molecular weight is 450 g/mol. The number of carbonyl (C=O) groups is 3. The second-order valence-corrected chi connectivity index (χ2v) is 10.3. The molecule has 0 aromatic heterocycles.